The lowest BCUT2D eigenvalue weighted by molar-refractivity contribution is 0.0601. The van der Waals surface area contributed by atoms with Crippen molar-refractivity contribution in [2.45, 2.75) is 11.8 Å². The van der Waals surface area contributed by atoms with E-state index in [0.717, 1.165) is 32.6 Å². The van der Waals surface area contributed by atoms with Gasteiger partial charge in [-0.2, -0.15) is 0 Å². The van der Waals surface area contributed by atoms with Gasteiger partial charge in [-0.3, -0.25) is 9.55 Å². The summed E-state index contributed by atoms with van der Waals surface area (Å²) in [6.07, 6.45) is 9.30. The lowest BCUT2D eigenvalue weighted by Gasteiger charge is -2.06. The van der Waals surface area contributed by atoms with Gasteiger partial charge in [0.1, 0.15) is 0 Å². The fourth-order valence-corrected chi connectivity index (χ4v) is 3.64. The predicted octanol–water partition coefficient (Wildman–Crippen LogP) is 4.30. The Kier molecular flexibility index (Phi) is 4.83. The molecule has 0 atom stereocenters. The van der Waals surface area contributed by atoms with Crippen molar-refractivity contribution in [3.8, 4) is 17.2 Å². The van der Waals surface area contributed by atoms with Crippen molar-refractivity contribution < 1.29 is 9.53 Å². The quantitative estimate of drug-likeness (QED) is 0.382. The Labute approximate surface area is 166 Å². The van der Waals surface area contributed by atoms with Gasteiger partial charge in [-0.05, 0) is 43.0 Å². The first kappa shape index (κ1) is 18.2. The van der Waals surface area contributed by atoms with Gasteiger partial charge in [-0.15, -0.1) is 11.8 Å². The number of aromatic nitrogens is 4. The fraction of sp³-hybridized carbons (Fsp3) is 0.143. The summed E-state index contributed by atoms with van der Waals surface area (Å²) in [7, 11) is 1.38. The minimum absolute atomic E-state index is 0.373. The Hall–Kier alpha value is -3.19. The van der Waals surface area contributed by atoms with Gasteiger partial charge in [0.2, 0.25) is 5.95 Å². The first-order valence-electron chi connectivity index (χ1n) is 8.63. The van der Waals surface area contributed by atoms with Crippen LogP contribution in [0.4, 0.5) is 0 Å². The molecule has 0 N–H and O–H groups in total. The van der Waals surface area contributed by atoms with Crippen LogP contribution in [0.5, 0.6) is 0 Å². The van der Waals surface area contributed by atoms with Crippen LogP contribution >= 0.6 is 11.8 Å². The van der Waals surface area contributed by atoms with Gasteiger partial charge in [0.25, 0.3) is 0 Å². The number of thioether (sulfide) groups is 1. The van der Waals surface area contributed by atoms with E-state index in [9.17, 15) is 4.79 Å². The first-order valence-corrected chi connectivity index (χ1v) is 9.86. The number of carbonyl (C=O) groups is 1. The summed E-state index contributed by atoms with van der Waals surface area (Å²) < 4.78 is 6.74. The topological polar surface area (TPSA) is 69.9 Å². The van der Waals surface area contributed by atoms with Crippen molar-refractivity contribution in [3.63, 3.8) is 0 Å². The van der Waals surface area contributed by atoms with Gasteiger partial charge in [0.05, 0.1) is 23.9 Å². The molecule has 6 nitrogen and oxygen atoms in total. The Balaban J connectivity index is 1.80. The van der Waals surface area contributed by atoms with E-state index in [0.29, 0.717) is 11.5 Å². The molecular formula is C21H18N4O2S. The minimum atomic E-state index is -0.373. The van der Waals surface area contributed by atoms with Crippen LogP contribution in [0.15, 0.2) is 60.0 Å². The molecular weight excluding hydrogens is 372 g/mol. The number of nitrogens with zero attached hydrogens (tertiary/aromatic N) is 4. The average Bonchev–Trinajstić information content (AvgIpc) is 3.11. The van der Waals surface area contributed by atoms with Crippen LogP contribution in [-0.2, 0) is 4.74 Å². The zero-order valence-electron chi connectivity index (χ0n) is 15.7. The third-order valence-electron chi connectivity index (χ3n) is 4.47. The lowest BCUT2D eigenvalue weighted by atomic mass is 10.1. The number of rotatable bonds is 4. The summed E-state index contributed by atoms with van der Waals surface area (Å²) in [5, 5.41) is 1.04. The van der Waals surface area contributed by atoms with Crippen LogP contribution < -0.4 is 0 Å². The molecule has 0 saturated carbocycles. The number of methoxy groups -OCH3 is 1. The summed E-state index contributed by atoms with van der Waals surface area (Å²) in [6.45, 7) is 2.02. The third kappa shape index (κ3) is 3.25. The number of benzene rings is 1. The smallest absolute Gasteiger partial charge is 0.337 e. The molecule has 0 radical (unpaired) electrons. The number of aryl methyl sites for hydroxylation is 1. The van der Waals surface area contributed by atoms with Crippen LogP contribution in [0.3, 0.4) is 0 Å². The van der Waals surface area contributed by atoms with Crippen LogP contribution in [0.2, 0.25) is 0 Å². The van der Waals surface area contributed by atoms with E-state index in [1.54, 1.807) is 42.5 Å². The van der Waals surface area contributed by atoms with Crippen molar-refractivity contribution in [2.75, 3.05) is 13.4 Å². The second-order valence-corrected chi connectivity index (χ2v) is 7.13. The van der Waals surface area contributed by atoms with Gasteiger partial charge in [-0.25, -0.2) is 14.8 Å². The Bertz CT molecular complexity index is 1170. The number of fused-ring (bicyclic) bond motifs is 1. The van der Waals surface area contributed by atoms with Gasteiger partial charge in [-0.1, -0.05) is 6.07 Å². The highest BCUT2D eigenvalue weighted by atomic mass is 32.2. The molecule has 4 rings (SSSR count). The van der Waals surface area contributed by atoms with E-state index >= 15 is 0 Å². The molecule has 0 aliphatic heterocycles. The van der Waals surface area contributed by atoms with E-state index in [1.165, 1.54) is 7.11 Å². The highest BCUT2D eigenvalue weighted by Gasteiger charge is 2.15. The monoisotopic (exact) mass is 390 g/mol. The molecule has 7 heteroatoms. The molecule has 0 bridgehead atoms. The predicted molar refractivity (Wildman–Crippen MR) is 110 cm³/mol. The van der Waals surface area contributed by atoms with Crippen molar-refractivity contribution >= 4 is 28.6 Å². The number of ether oxygens (including phenoxy) is 1. The van der Waals surface area contributed by atoms with E-state index in [-0.39, 0.29) is 5.97 Å². The molecule has 0 saturated heterocycles. The van der Waals surface area contributed by atoms with E-state index < -0.39 is 0 Å². The van der Waals surface area contributed by atoms with Crippen LogP contribution in [-0.4, -0.2) is 38.9 Å². The summed E-state index contributed by atoms with van der Waals surface area (Å²) in [6, 6.07) is 9.45. The summed E-state index contributed by atoms with van der Waals surface area (Å²) in [5.41, 5.74) is 4.16. The summed E-state index contributed by atoms with van der Waals surface area (Å²) in [4.78, 5) is 26.5. The first-order chi connectivity index (χ1) is 13.6. The number of carbonyl (C=O) groups excluding carboxylic acids is 1. The highest BCUT2D eigenvalue weighted by Crippen LogP contribution is 2.31. The number of hydrogen-bond acceptors (Lipinski definition) is 6. The molecule has 4 aromatic rings. The molecule has 0 fully saturated rings. The van der Waals surface area contributed by atoms with Crippen molar-refractivity contribution in [3.05, 3.63) is 66.2 Å². The molecule has 0 aliphatic carbocycles. The second kappa shape index (κ2) is 7.44. The van der Waals surface area contributed by atoms with Gasteiger partial charge in [0, 0.05) is 40.6 Å². The molecule has 1 aromatic carbocycles. The molecule has 28 heavy (non-hydrogen) atoms. The van der Waals surface area contributed by atoms with E-state index in [2.05, 4.69) is 15.0 Å². The average molecular weight is 390 g/mol. The van der Waals surface area contributed by atoms with Gasteiger partial charge in [0.15, 0.2) is 0 Å². The Morgan fingerprint density at radius 1 is 1.11 bits per heavy atom. The summed E-state index contributed by atoms with van der Waals surface area (Å²) >= 11 is 1.63. The van der Waals surface area contributed by atoms with Crippen LogP contribution in [0.25, 0.3) is 28.1 Å². The normalized spacial score (nSPS) is 11.0. The van der Waals surface area contributed by atoms with Gasteiger partial charge >= 0.3 is 5.97 Å². The van der Waals surface area contributed by atoms with E-state index in [4.69, 9.17) is 4.74 Å². The molecule has 0 aliphatic rings. The maximum absolute atomic E-state index is 11.9. The largest absolute Gasteiger partial charge is 0.465 e. The lowest BCUT2D eigenvalue weighted by Crippen LogP contribution is -2.03. The zero-order chi connectivity index (χ0) is 19.7. The van der Waals surface area contributed by atoms with Crippen molar-refractivity contribution in [1.82, 2.24) is 19.5 Å². The zero-order valence-corrected chi connectivity index (χ0v) is 16.5. The summed E-state index contributed by atoms with van der Waals surface area (Å²) in [5.74, 6) is 0.158. The maximum atomic E-state index is 11.9. The van der Waals surface area contributed by atoms with Gasteiger partial charge < -0.3 is 4.74 Å². The van der Waals surface area contributed by atoms with Crippen LogP contribution in [0, 0.1) is 6.92 Å². The molecule has 0 amide bonds. The Morgan fingerprint density at radius 3 is 2.57 bits per heavy atom. The number of hydrogen-bond donors (Lipinski definition) is 0. The SMILES string of the molecule is COC(=O)c1ccc2c(SC)cn(-c3ncc(-c4cc(C)ccn4)cn3)c2c1. The maximum Gasteiger partial charge on any atom is 0.337 e. The van der Waals surface area contributed by atoms with Crippen molar-refractivity contribution in [1.29, 1.82) is 0 Å². The number of pyridine rings is 1. The van der Waals surface area contributed by atoms with Crippen LogP contribution in [0.1, 0.15) is 15.9 Å². The molecule has 3 aromatic heterocycles. The number of esters is 1. The second-order valence-electron chi connectivity index (χ2n) is 6.28. The minimum Gasteiger partial charge on any atom is -0.465 e. The Morgan fingerprint density at radius 2 is 1.89 bits per heavy atom. The molecule has 0 spiro atoms. The highest BCUT2D eigenvalue weighted by molar-refractivity contribution is 7.98. The molecule has 0 unspecified atom stereocenters. The molecule has 3 heterocycles. The fourth-order valence-electron chi connectivity index (χ4n) is 3.04. The standard InChI is InChI=1S/C21H18N4O2S/c1-13-6-7-22-17(8-13)15-10-23-21(24-11-15)25-12-19(28-3)16-5-4-14(9-18(16)25)20(26)27-2/h4-12H,1-3H3. The molecule has 140 valence electrons. The van der Waals surface area contributed by atoms with E-state index in [1.807, 2.05) is 42.1 Å². The third-order valence-corrected chi connectivity index (χ3v) is 5.24. The van der Waals surface area contributed by atoms with Crippen molar-refractivity contribution in [2.24, 2.45) is 0 Å².